The fourth-order valence-electron chi connectivity index (χ4n) is 3.01. The average molecular weight is 371 g/mol. The number of piperazine rings is 1. The Morgan fingerprint density at radius 3 is 2.70 bits per heavy atom. The van der Waals surface area contributed by atoms with Crippen molar-refractivity contribution < 1.29 is 14.0 Å². The Morgan fingerprint density at radius 2 is 2.00 bits per heavy atom. The predicted molar refractivity (Wildman–Crippen MR) is 101 cm³/mol. The van der Waals surface area contributed by atoms with Crippen molar-refractivity contribution >= 4 is 17.6 Å². The first kappa shape index (κ1) is 18.9. The molecule has 0 atom stereocenters. The number of furan rings is 1. The van der Waals surface area contributed by atoms with E-state index in [9.17, 15) is 9.59 Å². The van der Waals surface area contributed by atoms with Crippen LogP contribution < -0.4 is 10.2 Å². The van der Waals surface area contributed by atoms with E-state index >= 15 is 0 Å². The lowest BCUT2D eigenvalue weighted by molar-refractivity contribution is 0.0714. The maximum Gasteiger partial charge on any atom is 0.289 e. The molecule has 144 valence electrons. The summed E-state index contributed by atoms with van der Waals surface area (Å²) < 4.78 is 5.18. The highest BCUT2D eigenvalue weighted by atomic mass is 16.3. The lowest BCUT2D eigenvalue weighted by atomic mass is 10.2. The SMILES string of the molecule is CCCCCNC(=O)c1cc(N2CCN(C(=O)c3ccco3)CC2)ncn1. The minimum absolute atomic E-state index is 0.102. The molecule has 0 unspecified atom stereocenters. The van der Waals surface area contributed by atoms with Gasteiger partial charge in [-0.25, -0.2) is 9.97 Å². The second-order valence-electron chi connectivity index (χ2n) is 6.48. The number of unbranched alkanes of at least 4 members (excludes halogenated alkanes) is 2. The number of hydrogen-bond acceptors (Lipinski definition) is 6. The van der Waals surface area contributed by atoms with Gasteiger partial charge in [-0.2, -0.15) is 0 Å². The van der Waals surface area contributed by atoms with E-state index in [1.54, 1.807) is 23.1 Å². The van der Waals surface area contributed by atoms with Gasteiger partial charge < -0.3 is 19.5 Å². The molecule has 0 bridgehead atoms. The van der Waals surface area contributed by atoms with Gasteiger partial charge in [0.15, 0.2) is 5.76 Å². The first-order chi connectivity index (χ1) is 13.2. The van der Waals surface area contributed by atoms with Gasteiger partial charge in [-0.1, -0.05) is 19.8 Å². The second-order valence-corrected chi connectivity index (χ2v) is 6.48. The summed E-state index contributed by atoms with van der Waals surface area (Å²) >= 11 is 0. The van der Waals surface area contributed by atoms with Crippen LogP contribution in [-0.4, -0.2) is 59.4 Å². The third-order valence-corrected chi connectivity index (χ3v) is 4.57. The van der Waals surface area contributed by atoms with Gasteiger partial charge in [0.05, 0.1) is 6.26 Å². The summed E-state index contributed by atoms with van der Waals surface area (Å²) in [4.78, 5) is 36.8. The van der Waals surface area contributed by atoms with Crippen molar-refractivity contribution in [3.05, 3.63) is 42.2 Å². The monoisotopic (exact) mass is 371 g/mol. The van der Waals surface area contributed by atoms with Crippen molar-refractivity contribution in [1.82, 2.24) is 20.2 Å². The molecule has 0 spiro atoms. The molecule has 0 aromatic carbocycles. The van der Waals surface area contributed by atoms with Gasteiger partial charge >= 0.3 is 0 Å². The highest BCUT2D eigenvalue weighted by Crippen LogP contribution is 2.16. The van der Waals surface area contributed by atoms with E-state index in [1.165, 1.54) is 12.6 Å². The molecule has 2 aromatic rings. The summed E-state index contributed by atoms with van der Waals surface area (Å²) in [5.41, 5.74) is 0.366. The van der Waals surface area contributed by atoms with Crippen LogP contribution in [0.2, 0.25) is 0 Å². The molecule has 1 N–H and O–H groups in total. The second kappa shape index (κ2) is 9.16. The van der Waals surface area contributed by atoms with Crippen LogP contribution in [0.3, 0.4) is 0 Å². The van der Waals surface area contributed by atoms with Crippen LogP contribution in [-0.2, 0) is 0 Å². The van der Waals surface area contributed by atoms with Crippen LogP contribution in [0.5, 0.6) is 0 Å². The van der Waals surface area contributed by atoms with Gasteiger partial charge in [0, 0.05) is 38.8 Å². The largest absolute Gasteiger partial charge is 0.459 e. The van der Waals surface area contributed by atoms with Gasteiger partial charge in [-0.05, 0) is 18.6 Å². The highest BCUT2D eigenvalue weighted by Gasteiger charge is 2.24. The molecule has 27 heavy (non-hydrogen) atoms. The van der Waals surface area contributed by atoms with E-state index in [0.29, 0.717) is 50.0 Å². The fraction of sp³-hybridized carbons (Fsp3) is 0.474. The summed E-state index contributed by atoms with van der Waals surface area (Å²) in [6.45, 7) is 5.20. The first-order valence-corrected chi connectivity index (χ1v) is 9.37. The fourth-order valence-corrected chi connectivity index (χ4v) is 3.01. The summed E-state index contributed by atoms with van der Waals surface area (Å²) in [5.74, 6) is 0.775. The molecule has 1 aliphatic rings. The Labute approximate surface area is 158 Å². The number of aromatic nitrogens is 2. The number of amides is 2. The van der Waals surface area contributed by atoms with Crippen LogP contribution in [0.25, 0.3) is 0 Å². The molecule has 0 saturated carbocycles. The van der Waals surface area contributed by atoms with Gasteiger partial charge in [-0.3, -0.25) is 9.59 Å². The maximum absolute atomic E-state index is 12.3. The Bertz CT molecular complexity index is 754. The predicted octanol–water partition coefficient (Wildman–Crippen LogP) is 1.95. The van der Waals surface area contributed by atoms with E-state index < -0.39 is 0 Å². The van der Waals surface area contributed by atoms with E-state index in [4.69, 9.17) is 4.42 Å². The van der Waals surface area contributed by atoms with Gasteiger partial charge in [0.2, 0.25) is 0 Å². The van der Waals surface area contributed by atoms with Gasteiger partial charge in [0.25, 0.3) is 11.8 Å². The maximum atomic E-state index is 12.3. The van der Waals surface area contributed by atoms with Crippen LogP contribution in [0.4, 0.5) is 5.82 Å². The molecule has 2 aromatic heterocycles. The van der Waals surface area contributed by atoms with Crippen molar-refractivity contribution in [3.8, 4) is 0 Å². The van der Waals surface area contributed by atoms with Crippen LogP contribution in [0.1, 0.15) is 47.2 Å². The Morgan fingerprint density at radius 1 is 1.19 bits per heavy atom. The molecule has 1 aliphatic heterocycles. The minimum Gasteiger partial charge on any atom is -0.459 e. The molecular formula is C19H25N5O3. The number of anilines is 1. The van der Waals surface area contributed by atoms with E-state index in [1.807, 2.05) is 0 Å². The number of carbonyl (C=O) groups excluding carboxylic acids is 2. The number of hydrogen-bond donors (Lipinski definition) is 1. The first-order valence-electron chi connectivity index (χ1n) is 9.37. The molecule has 0 radical (unpaired) electrons. The zero-order valence-corrected chi connectivity index (χ0v) is 15.6. The third-order valence-electron chi connectivity index (χ3n) is 4.57. The average Bonchev–Trinajstić information content (AvgIpc) is 3.25. The molecule has 8 nitrogen and oxygen atoms in total. The van der Waals surface area contributed by atoms with Gasteiger partial charge in [0.1, 0.15) is 17.8 Å². The standard InChI is InChI=1S/C19H25N5O3/c1-2-3-4-7-20-18(25)15-13-17(22-14-21-15)23-8-10-24(11-9-23)19(26)16-6-5-12-27-16/h5-6,12-14H,2-4,7-11H2,1H3,(H,20,25). The van der Waals surface area contributed by atoms with Crippen LogP contribution >= 0.6 is 0 Å². The molecule has 1 fully saturated rings. The third kappa shape index (κ3) is 4.84. The van der Waals surface area contributed by atoms with E-state index in [2.05, 4.69) is 27.1 Å². The van der Waals surface area contributed by atoms with Crippen LogP contribution in [0, 0.1) is 0 Å². The Balaban J connectivity index is 1.55. The molecular weight excluding hydrogens is 346 g/mol. The zero-order chi connectivity index (χ0) is 19.1. The summed E-state index contributed by atoms with van der Waals surface area (Å²) in [6, 6.07) is 5.09. The molecule has 3 heterocycles. The van der Waals surface area contributed by atoms with Crippen LogP contribution in [0.15, 0.2) is 35.2 Å². The number of nitrogens with zero attached hydrogens (tertiary/aromatic N) is 4. The lowest BCUT2D eigenvalue weighted by Gasteiger charge is -2.35. The molecule has 0 aliphatic carbocycles. The molecule has 8 heteroatoms. The van der Waals surface area contributed by atoms with Crippen molar-refractivity contribution in [2.24, 2.45) is 0 Å². The van der Waals surface area contributed by atoms with Crippen molar-refractivity contribution in [1.29, 1.82) is 0 Å². The smallest absolute Gasteiger partial charge is 0.289 e. The van der Waals surface area contributed by atoms with Crippen molar-refractivity contribution in [3.63, 3.8) is 0 Å². The van der Waals surface area contributed by atoms with Crippen molar-refractivity contribution in [2.75, 3.05) is 37.6 Å². The quantitative estimate of drug-likeness (QED) is 0.748. The lowest BCUT2D eigenvalue weighted by Crippen LogP contribution is -2.49. The zero-order valence-electron chi connectivity index (χ0n) is 15.6. The summed E-state index contributed by atoms with van der Waals surface area (Å²) in [6.07, 6.45) is 6.08. The molecule has 1 saturated heterocycles. The normalized spacial score (nSPS) is 14.3. The number of carbonyl (C=O) groups is 2. The molecule has 3 rings (SSSR count). The Hall–Kier alpha value is -2.90. The minimum atomic E-state index is -0.179. The van der Waals surface area contributed by atoms with Gasteiger partial charge in [-0.15, -0.1) is 0 Å². The Kier molecular flexibility index (Phi) is 6.40. The highest BCUT2D eigenvalue weighted by molar-refractivity contribution is 5.93. The van der Waals surface area contributed by atoms with E-state index in [-0.39, 0.29) is 11.8 Å². The molecule has 2 amide bonds. The topological polar surface area (TPSA) is 91.6 Å². The number of rotatable bonds is 7. The van der Waals surface area contributed by atoms with Crippen molar-refractivity contribution in [2.45, 2.75) is 26.2 Å². The number of nitrogens with one attached hydrogen (secondary N) is 1. The summed E-state index contributed by atoms with van der Waals surface area (Å²) in [5, 5.41) is 2.89. The summed E-state index contributed by atoms with van der Waals surface area (Å²) in [7, 11) is 0. The van der Waals surface area contributed by atoms with E-state index in [0.717, 1.165) is 19.3 Å².